The molecular formula is C27H46O8. The van der Waals surface area contributed by atoms with Crippen LogP contribution in [0.3, 0.4) is 0 Å². The molecule has 0 bridgehead atoms. The van der Waals surface area contributed by atoms with Crippen molar-refractivity contribution in [1.82, 2.24) is 0 Å². The molecule has 0 amide bonds. The minimum atomic E-state index is -0.877. The van der Waals surface area contributed by atoms with E-state index in [0.29, 0.717) is 57.8 Å². The van der Waals surface area contributed by atoms with Crippen LogP contribution in [-0.4, -0.2) is 44.3 Å². The average Bonchev–Trinajstić information content (AvgIpc) is 2.77. The van der Waals surface area contributed by atoms with Gasteiger partial charge < -0.3 is 20.4 Å². The summed E-state index contributed by atoms with van der Waals surface area (Å²) in [5.74, 6) is -5.41. The van der Waals surface area contributed by atoms with Crippen molar-refractivity contribution < 1.29 is 39.6 Å². The molecule has 35 heavy (non-hydrogen) atoms. The smallest absolute Gasteiger partial charge is 0.307 e. The molecule has 1 saturated carbocycles. The number of unbranched alkanes of at least 4 members (excludes halogenated alkanes) is 2. The first-order chi connectivity index (χ1) is 16.5. The predicted molar refractivity (Wildman–Crippen MR) is 132 cm³/mol. The van der Waals surface area contributed by atoms with Gasteiger partial charge in [0, 0.05) is 12.8 Å². The van der Waals surface area contributed by atoms with Gasteiger partial charge in [-0.3, -0.25) is 19.2 Å². The molecule has 1 aliphatic rings. The van der Waals surface area contributed by atoms with Crippen LogP contribution in [0.1, 0.15) is 104 Å². The lowest BCUT2D eigenvalue weighted by Gasteiger charge is -2.46. The summed E-state index contributed by atoms with van der Waals surface area (Å²) in [5.41, 5.74) is 0. The summed E-state index contributed by atoms with van der Waals surface area (Å²) >= 11 is 0. The molecule has 1 fully saturated rings. The molecule has 0 saturated heterocycles. The van der Waals surface area contributed by atoms with Crippen LogP contribution >= 0.6 is 0 Å². The van der Waals surface area contributed by atoms with E-state index >= 15 is 0 Å². The molecule has 0 aromatic heterocycles. The largest absolute Gasteiger partial charge is 0.481 e. The lowest BCUT2D eigenvalue weighted by atomic mass is 9.57. The zero-order chi connectivity index (χ0) is 26.5. The van der Waals surface area contributed by atoms with Crippen LogP contribution in [-0.2, 0) is 19.2 Å². The molecule has 1 aliphatic carbocycles. The van der Waals surface area contributed by atoms with Gasteiger partial charge in [-0.1, -0.05) is 59.3 Å². The minimum Gasteiger partial charge on any atom is -0.481 e. The molecule has 7 atom stereocenters. The maximum absolute atomic E-state index is 12.6. The van der Waals surface area contributed by atoms with Crippen LogP contribution in [0.25, 0.3) is 0 Å². The fourth-order valence-corrected chi connectivity index (χ4v) is 6.58. The average molecular weight is 499 g/mol. The van der Waals surface area contributed by atoms with Gasteiger partial charge in [-0.15, -0.1) is 0 Å². The van der Waals surface area contributed by atoms with E-state index in [1.807, 2.05) is 13.8 Å². The molecule has 0 spiro atoms. The summed E-state index contributed by atoms with van der Waals surface area (Å²) in [6.07, 6.45) is 7.45. The third kappa shape index (κ3) is 9.80. The summed E-state index contributed by atoms with van der Waals surface area (Å²) < 4.78 is 0. The zero-order valence-electron chi connectivity index (χ0n) is 21.7. The normalized spacial score (nSPS) is 23.7. The van der Waals surface area contributed by atoms with E-state index in [4.69, 9.17) is 10.2 Å². The first-order valence-corrected chi connectivity index (χ1v) is 13.4. The molecule has 0 heterocycles. The maximum atomic E-state index is 12.6. The fourth-order valence-electron chi connectivity index (χ4n) is 6.58. The van der Waals surface area contributed by atoms with Crippen molar-refractivity contribution in [3.8, 4) is 0 Å². The highest BCUT2D eigenvalue weighted by atomic mass is 16.4. The van der Waals surface area contributed by atoms with Crippen molar-refractivity contribution in [2.45, 2.75) is 104 Å². The fraction of sp³-hybridized carbons (Fsp3) is 0.852. The molecule has 0 aromatic rings. The summed E-state index contributed by atoms with van der Waals surface area (Å²) in [4.78, 5) is 47.0. The van der Waals surface area contributed by atoms with E-state index in [9.17, 15) is 29.4 Å². The Kier molecular flexibility index (Phi) is 13.9. The number of hydrogen-bond donors (Lipinski definition) is 4. The Bertz CT molecular complexity index is 691. The van der Waals surface area contributed by atoms with Crippen molar-refractivity contribution in [2.75, 3.05) is 0 Å². The van der Waals surface area contributed by atoms with Crippen molar-refractivity contribution >= 4 is 23.9 Å². The van der Waals surface area contributed by atoms with Gasteiger partial charge >= 0.3 is 23.9 Å². The van der Waals surface area contributed by atoms with Crippen LogP contribution in [0, 0.1) is 41.4 Å². The van der Waals surface area contributed by atoms with Crippen molar-refractivity contribution in [2.24, 2.45) is 41.4 Å². The second-order valence-electron chi connectivity index (χ2n) is 10.5. The summed E-state index contributed by atoms with van der Waals surface area (Å²) in [5, 5.41) is 38.5. The lowest BCUT2D eigenvalue weighted by molar-refractivity contribution is -0.157. The molecule has 0 aliphatic heterocycles. The van der Waals surface area contributed by atoms with E-state index in [1.165, 1.54) is 0 Å². The second kappa shape index (κ2) is 15.8. The van der Waals surface area contributed by atoms with E-state index < -0.39 is 35.7 Å². The Labute approximate surface area is 209 Å². The zero-order valence-corrected chi connectivity index (χ0v) is 21.7. The van der Waals surface area contributed by atoms with Gasteiger partial charge in [0.1, 0.15) is 0 Å². The number of rotatable bonds is 18. The van der Waals surface area contributed by atoms with Crippen LogP contribution in [0.2, 0.25) is 0 Å². The molecule has 7 unspecified atom stereocenters. The van der Waals surface area contributed by atoms with Crippen molar-refractivity contribution in [1.29, 1.82) is 0 Å². The van der Waals surface area contributed by atoms with Gasteiger partial charge in [0.25, 0.3) is 0 Å². The SMILES string of the molecule is CCC(CCCCC(=O)O)C(C(=O)O)C1CCCC(C)C1C(C(=O)O)C(CC)CCCCC(=O)O. The number of carbonyl (C=O) groups is 4. The molecular weight excluding hydrogens is 452 g/mol. The number of hydrogen-bond acceptors (Lipinski definition) is 4. The molecule has 4 N–H and O–H groups in total. The summed E-state index contributed by atoms with van der Waals surface area (Å²) in [6, 6.07) is 0. The Morgan fingerprint density at radius 1 is 0.714 bits per heavy atom. The van der Waals surface area contributed by atoms with E-state index in [1.54, 1.807) is 0 Å². The number of carboxylic acids is 4. The Morgan fingerprint density at radius 3 is 1.57 bits per heavy atom. The van der Waals surface area contributed by atoms with Gasteiger partial charge in [-0.25, -0.2) is 0 Å². The van der Waals surface area contributed by atoms with Crippen LogP contribution in [0.4, 0.5) is 0 Å². The summed E-state index contributed by atoms with van der Waals surface area (Å²) in [7, 11) is 0. The molecule has 8 nitrogen and oxygen atoms in total. The van der Waals surface area contributed by atoms with E-state index in [2.05, 4.69) is 6.92 Å². The van der Waals surface area contributed by atoms with Crippen molar-refractivity contribution in [3.05, 3.63) is 0 Å². The van der Waals surface area contributed by atoms with E-state index in [0.717, 1.165) is 12.8 Å². The van der Waals surface area contributed by atoms with Crippen molar-refractivity contribution in [3.63, 3.8) is 0 Å². The van der Waals surface area contributed by atoms with Gasteiger partial charge in [0.15, 0.2) is 0 Å². The number of carboxylic acid groups (broad SMARTS) is 4. The third-order valence-corrected chi connectivity index (χ3v) is 8.29. The molecule has 202 valence electrons. The second-order valence-corrected chi connectivity index (χ2v) is 10.5. The monoisotopic (exact) mass is 498 g/mol. The molecule has 0 radical (unpaired) electrons. The lowest BCUT2D eigenvalue weighted by Crippen LogP contribution is -2.46. The van der Waals surface area contributed by atoms with Crippen LogP contribution in [0.15, 0.2) is 0 Å². The highest BCUT2D eigenvalue weighted by Gasteiger charge is 2.48. The van der Waals surface area contributed by atoms with Crippen LogP contribution in [0.5, 0.6) is 0 Å². The number of aliphatic carboxylic acids is 4. The highest BCUT2D eigenvalue weighted by Crippen LogP contribution is 2.49. The first kappa shape index (κ1) is 30.9. The van der Waals surface area contributed by atoms with Gasteiger partial charge in [-0.2, -0.15) is 0 Å². The molecule has 0 aromatic carbocycles. The third-order valence-electron chi connectivity index (χ3n) is 8.29. The Hall–Kier alpha value is -2.12. The van der Waals surface area contributed by atoms with Gasteiger partial charge in [0.2, 0.25) is 0 Å². The topological polar surface area (TPSA) is 149 Å². The Balaban J connectivity index is 3.18. The minimum absolute atomic E-state index is 0.0672. The molecule has 1 rings (SSSR count). The van der Waals surface area contributed by atoms with Crippen LogP contribution < -0.4 is 0 Å². The van der Waals surface area contributed by atoms with Gasteiger partial charge in [-0.05, 0) is 61.7 Å². The Morgan fingerprint density at radius 2 is 1.17 bits per heavy atom. The summed E-state index contributed by atoms with van der Waals surface area (Å²) in [6.45, 7) is 5.98. The maximum Gasteiger partial charge on any atom is 0.307 e. The van der Waals surface area contributed by atoms with E-state index in [-0.39, 0.29) is 42.4 Å². The first-order valence-electron chi connectivity index (χ1n) is 13.4. The standard InChI is InChI=1S/C27H46O8/c1-4-18(12-6-8-15-21(28)29)24(26(32)33)20-14-10-11-17(3)23(20)25(27(34)35)19(5-2)13-7-9-16-22(30)31/h17-20,23-25H,4-16H2,1-3H3,(H,28,29)(H,30,31)(H,32,33)(H,34,35). The predicted octanol–water partition coefficient (Wildman–Crippen LogP) is 5.78. The highest BCUT2D eigenvalue weighted by molar-refractivity contribution is 5.73. The quantitative estimate of drug-likeness (QED) is 0.174. The van der Waals surface area contributed by atoms with Gasteiger partial charge in [0.05, 0.1) is 11.8 Å². The molecule has 8 heteroatoms.